The van der Waals surface area contributed by atoms with E-state index in [2.05, 4.69) is 43.4 Å². The van der Waals surface area contributed by atoms with Crippen molar-refractivity contribution in [2.24, 2.45) is 11.8 Å². The Bertz CT molecular complexity index is 1560. The number of aliphatic hydroxyl groups is 1. The quantitative estimate of drug-likeness (QED) is 0.0971. The zero-order chi connectivity index (χ0) is 33.5. The maximum atomic E-state index is 12.9. The Morgan fingerprint density at radius 3 is 2.55 bits per heavy atom. The number of nitrogen functional groups attached to an aromatic ring is 1. The molecule has 2 fully saturated rings. The molecule has 0 bridgehead atoms. The number of hydrazine groups is 1. The van der Waals surface area contributed by atoms with Gasteiger partial charge in [0.1, 0.15) is 6.23 Å². The van der Waals surface area contributed by atoms with Crippen LogP contribution in [0.25, 0.3) is 11.2 Å². The van der Waals surface area contributed by atoms with Gasteiger partial charge in [0.2, 0.25) is 23.7 Å². The number of thioether (sulfide) groups is 1. The lowest BCUT2D eigenvalue weighted by Gasteiger charge is -2.32. The lowest BCUT2D eigenvalue weighted by atomic mass is 9.81. The molecule has 47 heavy (non-hydrogen) atoms. The van der Waals surface area contributed by atoms with Gasteiger partial charge < -0.3 is 31.5 Å². The molecule has 1 aliphatic carbocycles. The monoisotopic (exact) mass is 668 g/mol. The van der Waals surface area contributed by atoms with Gasteiger partial charge in [-0.1, -0.05) is 25.5 Å². The molecule has 5 rings (SSSR count). The van der Waals surface area contributed by atoms with Crippen LogP contribution in [0.3, 0.4) is 0 Å². The number of hydrogen-bond donors (Lipinski definition) is 7. The van der Waals surface area contributed by atoms with Gasteiger partial charge in [0, 0.05) is 32.5 Å². The third-order valence-electron chi connectivity index (χ3n) is 8.77. The molecule has 2 atom stereocenters. The number of nitrogens with zero attached hydrogens (tertiary/aromatic N) is 5. The van der Waals surface area contributed by atoms with Crippen LogP contribution in [0.2, 0.25) is 0 Å². The number of aromatic hydroxyl groups is 1. The number of fused-ring (bicyclic) bond motifs is 1. The summed E-state index contributed by atoms with van der Waals surface area (Å²) in [7, 11) is 1.56. The van der Waals surface area contributed by atoms with Crippen molar-refractivity contribution in [3.05, 3.63) is 29.8 Å². The lowest BCUT2D eigenvalue weighted by molar-refractivity contribution is -0.135. The highest BCUT2D eigenvalue weighted by molar-refractivity contribution is 8.00. The second-order valence-electron chi connectivity index (χ2n) is 12.1. The van der Waals surface area contributed by atoms with E-state index in [-0.39, 0.29) is 58.8 Å². The van der Waals surface area contributed by atoms with Gasteiger partial charge in [0.05, 0.1) is 23.2 Å². The molecule has 3 amide bonds. The van der Waals surface area contributed by atoms with E-state index in [1.807, 2.05) is 24.3 Å². The smallest absolute Gasteiger partial charge is 0.296 e. The van der Waals surface area contributed by atoms with Crippen LogP contribution in [-0.4, -0.2) is 89.7 Å². The third-order valence-corrected chi connectivity index (χ3v) is 10.0. The largest absolute Gasteiger partial charge is 0.480 e. The molecule has 2 unspecified atom stereocenters. The summed E-state index contributed by atoms with van der Waals surface area (Å²) in [5, 5.41) is 26.6. The Hall–Kier alpha value is -4.31. The minimum Gasteiger partial charge on any atom is -0.480 e. The van der Waals surface area contributed by atoms with Crippen LogP contribution in [-0.2, 0) is 20.9 Å². The first kappa shape index (κ1) is 34.0. The van der Waals surface area contributed by atoms with Crippen LogP contribution in [0.15, 0.2) is 24.3 Å². The molecule has 3 heterocycles. The number of aromatic nitrogens is 4. The number of carbonyl (C=O) groups excluding carboxylic acids is 3. The van der Waals surface area contributed by atoms with E-state index < -0.39 is 6.23 Å². The van der Waals surface area contributed by atoms with Crippen molar-refractivity contribution in [1.29, 1.82) is 0 Å². The molecule has 1 saturated carbocycles. The van der Waals surface area contributed by atoms with Crippen LogP contribution in [0, 0.1) is 11.8 Å². The molecule has 254 valence electrons. The van der Waals surface area contributed by atoms with Gasteiger partial charge in [-0.05, 0) is 55.7 Å². The zero-order valence-corrected chi connectivity index (χ0v) is 27.6. The van der Waals surface area contributed by atoms with Crippen LogP contribution in [0.1, 0.15) is 57.4 Å². The number of carbonyl (C=O) groups is 3. The van der Waals surface area contributed by atoms with Crippen molar-refractivity contribution in [2.75, 3.05) is 42.4 Å². The second kappa shape index (κ2) is 15.5. The number of imidazole rings is 1. The highest BCUT2D eigenvalue weighted by Crippen LogP contribution is 2.34. The number of amides is 3. The summed E-state index contributed by atoms with van der Waals surface area (Å²) in [6.45, 7) is 3.57. The second-order valence-corrected chi connectivity index (χ2v) is 13.3. The van der Waals surface area contributed by atoms with Gasteiger partial charge in [0.25, 0.3) is 6.01 Å². The van der Waals surface area contributed by atoms with Gasteiger partial charge >= 0.3 is 0 Å². The average molecular weight is 669 g/mol. The summed E-state index contributed by atoms with van der Waals surface area (Å²) in [6.07, 6.45) is 4.25. The van der Waals surface area contributed by atoms with Crippen LogP contribution in [0.5, 0.6) is 6.01 Å². The number of benzene rings is 1. The Balaban J connectivity index is 1.08. The lowest BCUT2D eigenvalue weighted by Crippen LogP contribution is -2.42. The molecule has 15 nitrogen and oxygen atoms in total. The highest BCUT2D eigenvalue weighted by atomic mass is 32.2. The topological polar surface area (TPSA) is 213 Å². The SMILES string of the molecule is CCCCNc1nc(N)c2nc(O)n(Cc3ccc(NNC(=O)C4CCC(CN5C(=O)CC(SCC(=O)NC)C5O)CC4)cc3)c2n1. The number of likely N-dealkylation sites (tertiary alicyclic amines) is 1. The number of hydrogen-bond acceptors (Lipinski definition) is 12. The van der Waals surface area contributed by atoms with Gasteiger partial charge in [0.15, 0.2) is 17.0 Å². The van der Waals surface area contributed by atoms with Crippen molar-refractivity contribution in [2.45, 2.75) is 69.9 Å². The molecule has 3 aromatic rings. The molecule has 1 aliphatic heterocycles. The Morgan fingerprint density at radius 1 is 1.11 bits per heavy atom. The summed E-state index contributed by atoms with van der Waals surface area (Å²) >= 11 is 1.30. The average Bonchev–Trinajstić information content (AvgIpc) is 3.53. The minimum absolute atomic E-state index is 0.0918. The summed E-state index contributed by atoms with van der Waals surface area (Å²) in [5.74, 6) is 0.512. The fourth-order valence-corrected chi connectivity index (χ4v) is 7.05. The van der Waals surface area contributed by atoms with Crippen molar-refractivity contribution in [3.8, 4) is 6.01 Å². The number of nitrogens with two attached hydrogens (primary N) is 1. The van der Waals surface area contributed by atoms with E-state index in [1.165, 1.54) is 16.7 Å². The molecule has 0 spiro atoms. The summed E-state index contributed by atoms with van der Waals surface area (Å²) < 4.78 is 1.57. The van der Waals surface area contributed by atoms with E-state index in [9.17, 15) is 24.6 Å². The minimum atomic E-state index is -0.906. The molecule has 1 aromatic carbocycles. The van der Waals surface area contributed by atoms with Crippen molar-refractivity contribution in [1.82, 2.24) is 35.2 Å². The maximum Gasteiger partial charge on any atom is 0.296 e. The van der Waals surface area contributed by atoms with E-state index in [1.54, 1.807) is 11.6 Å². The predicted molar refractivity (Wildman–Crippen MR) is 180 cm³/mol. The third kappa shape index (κ3) is 8.35. The number of unbranched alkanes of at least 4 members (excludes halogenated alkanes) is 1. The molecule has 2 aliphatic rings. The Kier molecular flexibility index (Phi) is 11.2. The normalized spacial score (nSPS) is 21.2. The molecule has 1 saturated heterocycles. The first-order valence-electron chi connectivity index (χ1n) is 16.1. The van der Waals surface area contributed by atoms with Crippen molar-refractivity contribution >= 4 is 58.1 Å². The predicted octanol–water partition coefficient (Wildman–Crippen LogP) is 2.02. The maximum absolute atomic E-state index is 12.9. The van der Waals surface area contributed by atoms with E-state index in [4.69, 9.17) is 5.73 Å². The van der Waals surface area contributed by atoms with Crippen LogP contribution < -0.4 is 27.2 Å². The summed E-state index contributed by atoms with van der Waals surface area (Å²) in [4.78, 5) is 51.5. The van der Waals surface area contributed by atoms with Crippen molar-refractivity contribution in [3.63, 3.8) is 0 Å². The molecule has 0 radical (unpaired) electrons. The van der Waals surface area contributed by atoms with Gasteiger partial charge in [-0.3, -0.25) is 29.8 Å². The van der Waals surface area contributed by atoms with E-state index >= 15 is 0 Å². The Morgan fingerprint density at radius 2 is 1.85 bits per heavy atom. The molecule has 8 N–H and O–H groups in total. The molecular weight excluding hydrogens is 624 g/mol. The first-order valence-corrected chi connectivity index (χ1v) is 17.1. The van der Waals surface area contributed by atoms with E-state index in [0.29, 0.717) is 55.3 Å². The van der Waals surface area contributed by atoms with E-state index in [0.717, 1.165) is 31.2 Å². The van der Waals surface area contributed by atoms with Crippen LogP contribution in [0.4, 0.5) is 17.5 Å². The van der Waals surface area contributed by atoms with Crippen LogP contribution >= 0.6 is 11.8 Å². The number of rotatable bonds is 14. The Labute approximate surface area is 277 Å². The highest BCUT2D eigenvalue weighted by Gasteiger charge is 2.40. The number of nitrogens with one attached hydrogen (secondary N) is 4. The number of aliphatic hydroxyl groups excluding tert-OH is 1. The number of anilines is 3. The van der Waals surface area contributed by atoms with Crippen molar-refractivity contribution < 1.29 is 24.6 Å². The van der Waals surface area contributed by atoms with Gasteiger partial charge in [-0.2, -0.15) is 15.0 Å². The standard InChI is InChI=1S/C31H44N10O5S/c1-3-4-13-34-30-36-26(32)25-27(37-30)41(31(46)35-25)16-19-7-11-21(12-8-19)38-39-28(44)20-9-5-18(6-10-20)15-40-24(43)14-22(29(40)45)47-17-23(42)33-2/h7-8,11-12,18,20,22,29,38,45H,3-6,9-10,13-17H2,1-2H3,(H,33,42)(H,35,46)(H,39,44)(H3,32,34,36,37). The molecule has 16 heteroatoms. The fraction of sp³-hybridized carbons (Fsp3) is 0.548. The van der Waals surface area contributed by atoms with Gasteiger partial charge in [-0.15, -0.1) is 11.8 Å². The summed E-state index contributed by atoms with van der Waals surface area (Å²) in [5.41, 5.74) is 14.2. The molecule has 2 aromatic heterocycles. The molecular formula is C31H44N10O5S. The van der Waals surface area contributed by atoms with Gasteiger partial charge in [-0.25, -0.2) is 0 Å². The fourth-order valence-electron chi connectivity index (χ4n) is 5.96. The zero-order valence-electron chi connectivity index (χ0n) is 26.7. The summed E-state index contributed by atoms with van der Waals surface area (Å²) in [6, 6.07) is 7.22. The first-order chi connectivity index (χ1) is 22.7.